The zero-order chi connectivity index (χ0) is 30.3. The molecule has 2 bridgehead atoms. The summed E-state index contributed by atoms with van der Waals surface area (Å²) in [5.74, 6) is -1.38. The largest absolute Gasteiger partial charge is 0.494 e. The number of rotatable bonds is 10. The van der Waals surface area contributed by atoms with Gasteiger partial charge in [-0.2, -0.15) is 0 Å². The second-order valence-electron chi connectivity index (χ2n) is 11.7. The van der Waals surface area contributed by atoms with E-state index in [1.54, 1.807) is 40.9 Å². The molecule has 226 valence electrons. The third kappa shape index (κ3) is 5.13. The molecule has 8 nitrogen and oxygen atoms in total. The van der Waals surface area contributed by atoms with E-state index in [-0.39, 0.29) is 40.3 Å². The number of likely N-dealkylation sites (tertiary alicyclic amines) is 1. The molecule has 2 aromatic rings. The zero-order valence-corrected chi connectivity index (χ0v) is 27.1. The Morgan fingerprint density at radius 3 is 2.38 bits per heavy atom. The maximum Gasteiger partial charge on any atom is 0.248 e. The molecule has 1 spiro atoms. The van der Waals surface area contributed by atoms with Gasteiger partial charge in [0.15, 0.2) is 0 Å². The number of fused-ring (bicyclic) bond motifs is 1. The summed E-state index contributed by atoms with van der Waals surface area (Å²) in [4.78, 5) is 44.4. The van der Waals surface area contributed by atoms with Gasteiger partial charge in [-0.05, 0) is 68.5 Å². The number of aryl methyl sites for hydroxylation is 2. The molecular formula is C32H40BrN3O5S. The van der Waals surface area contributed by atoms with Crippen LogP contribution < -0.4 is 15.4 Å². The number of carbonyl (C=O) groups excluding carboxylic acids is 3. The summed E-state index contributed by atoms with van der Waals surface area (Å²) in [6, 6.07) is 11.7. The van der Waals surface area contributed by atoms with Gasteiger partial charge in [-0.3, -0.25) is 14.4 Å². The molecule has 3 unspecified atom stereocenters. The number of hydrogen-bond acceptors (Lipinski definition) is 6. The summed E-state index contributed by atoms with van der Waals surface area (Å²) < 4.78 is 4.72. The topological polar surface area (TPSA) is 108 Å². The molecule has 8 atom stereocenters. The first kappa shape index (κ1) is 30.9. The van der Waals surface area contributed by atoms with Crippen LogP contribution in [0.15, 0.2) is 42.5 Å². The van der Waals surface area contributed by atoms with Crippen molar-refractivity contribution < 1.29 is 24.2 Å². The molecule has 3 aliphatic heterocycles. The SMILES string of the molecule is CCOc1ccc(NC(=O)[C@H]2[C@H]3C(=O)N([C@@H](CO)[C@@H](C)CC)C(C(=O)Nc4c(C)cccc4C)C34CC(Br)[C@@H]2S4)cc1. The third-order valence-corrected chi connectivity index (χ3v) is 12.5. The van der Waals surface area contributed by atoms with E-state index in [0.29, 0.717) is 24.5 Å². The highest BCUT2D eigenvalue weighted by Gasteiger charge is 2.76. The van der Waals surface area contributed by atoms with Crippen molar-refractivity contribution in [2.24, 2.45) is 17.8 Å². The molecule has 3 heterocycles. The fourth-order valence-corrected chi connectivity index (χ4v) is 10.7. The highest BCUT2D eigenvalue weighted by atomic mass is 79.9. The summed E-state index contributed by atoms with van der Waals surface area (Å²) >= 11 is 5.41. The Kier molecular flexibility index (Phi) is 8.98. The number of carbonyl (C=O) groups is 3. The minimum Gasteiger partial charge on any atom is -0.494 e. The number of anilines is 2. The van der Waals surface area contributed by atoms with Crippen LogP contribution in [0.1, 0.15) is 44.7 Å². The summed E-state index contributed by atoms with van der Waals surface area (Å²) in [7, 11) is 0. The van der Waals surface area contributed by atoms with Gasteiger partial charge in [0.05, 0.1) is 35.8 Å². The molecule has 3 amide bonds. The minimum atomic E-state index is -0.835. The van der Waals surface area contributed by atoms with Crippen molar-refractivity contribution in [3.63, 3.8) is 0 Å². The highest BCUT2D eigenvalue weighted by Crippen LogP contribution is 2.68. The Morgan fingerprint density at radius 2 is 1.79 bits per heavy atom. The number of amides is 3. The lowest BCUT2D eigenvalue weighted by atomic mass is 9.70. The second-order valence-corrected chi connectivity index (χ2v) is 14.5. The standard InChI is InChI=1S/C32H40BrN3O5S/c1-6-17(3)23(16-37)36-28(30(39)35-26-18(4)9-8-10-19(26)5)32-15-22(33)27(42-32)24(25(32)31(36)40)29(38)34-20-11-13-21(14-12-20)41-7-2/h8-14,17,22-25,27-28,37H,6-7,15-16H2,1-5H3,(H,34,38)(H,35,39)/t17-,22?,23-,24-,25-,27-,28?,32?/m0/s1. The van der Waals surface area contributed by atoms with Crippen LogP contribution >= 0.6 is 27.7 Å². The van der Waals surface area contributed by atoms with Gasteiger partial charge in [-0.1, -0.05) is 54.4 Å². The number of hydrogen-bond donors (Lipinski definition) is 3. The first-order valence-electron chi connectivity index (χ1n) is 14.7. The van der Waals surface area contributed by atoms with E-state index in [4.69, 9.17) is 4.74 Å². The van der Waals surface area contributed by atoms with Gasteiger partial charge in [0, 0.05) is 21.5 Å². The number of nitrogens with one attached hydrogen (secondary N) is 2. The molecule has 10 heteroatoms. The summed E-state index contributed by atoms with van der Waals surface area (Å²) in [6.45, 7) is 10.1. The van der Waals surface area contributed by atoms with E-state index in [0.717, 1.165) is 23.2 Å². The van der Waals surface area contributed by atoms with Crippen LogP contribution in [-0.4, -0.2) is 67.8 Å². The van der Waals surface area contributed by atoms with Crippen LogP contribution in [0, 0.1) is 31.6 Å². The van der Waals surface area contributed by atoms with Crippen molar-refractivity contribution in [3.8, 4) is 5.75 Å². The average Bonchev–Trinajstić information content (AvgIpc) is 3.56. The number of benzene rings is 2. The number of nitrogens with zero attached hydrogens (tertiary/aromatic N) is 1. The quantitative estimate of drug-likeness (QED) is 0.305. The van der Waals surface area contributed by atoms with Crippen LogP contribution in [0.3, 0.4) is 0 Å². The molecule has 0 radical (unpaired) electrons. The Morgan fingerprint density at radius 1 is 1.12 bits per heavy atom. The second kappa shape index (κ2) is 12.2. The number of para-hydroxylation sites is 1. The molecule has 3 fully saturated rings. The van der Waals surface area contributed by atoms with Crippen molar-refractivity contribution in [1.29, 1.82) is 0 Å². The van der Waals surface area contributed by atoms with Crippen molar-refractivity contribution in [2.75, 3.05) is 23.8 Å². The predicted octanol–water partition coefficient (Wildman–Crippen LogP) is 5.15. The summed E-state index contributed by atoms with van der Waals surface area (Å²) in [6.07, 6.45) is 1.31. The minimum absolute atomic E-state index is 0.0391. The lowest BCUT2D eigenvalue weighted by Crippen LogP contribution is -2.56. The van der Waals surface area contributed by atoms with Gasteiger partial charge in [-0.15, -0.1) is 11.8 Å². The van der Waals surface area contributed by atoms with Gasteiger partial charge < -0.3 is 25.4 Å². The van der Waals surface area contributed by atoms with Gasteiger partial charge in [0.25, 0.3) is 0 Å². The lowest BCUT2D eigenvalue weighted by molar-refractivity contribution is -0.142. The summed E-state index contributed by atoms with van der Waals surface area (Å²) in [5, 5.41) is 16.6. The molecule has 3 saturated heterocycles. The van der Waals surface area contributed by atoms with Crippen LogP contribution in [0.25, 0.3) is 0 Å². The van der Waals surface area contributed by atoms with Crippen molar-refractivity contribution in [3.05, 3.63) is 53.6 Å². The van der Waals surface area contributed by atoms with Crippen molar-refractivity contribution in [1.82, 2.24) is 4.90 Å². The number of aliphatic hydroxyl groups excluding tert-OH is 1. The molecule has 3 aliphatic rings. The van der Waals surface area contributed by atoms with Crippen molar-refractivity contribution >= 4 is 56.8 Å². The van der Waals surface area contributed by atoms with E-state index in [1.165, 1.54) is 0 Å². The third-order valence-electron chi connectivity index (χ3n) is 9.29. The Labute approximate surface area is 260 Å². The highest BCUT2D eigenvalue weighted by molar-refractivity contribution is 9.09. The van der Waals surface area contributed by atoms with E-state index >= 15 is 0 Å². The van der Waals surface area contributed by atoms with Crippen LogP contribution in [0.2, 0.25) is 0 Å². The first-order valence-corrected chi connectivity index (χ1v) is 16.5. The molecule has 3 N–H and O–H groups in total. The Bertz CT molecular complexity index is 1340. The van der Waals surface area contributed by atoms with E-state index < -0.39 is 28.7 Å². The van der Waals surface area contributed by atoms with Gasteiger partial charge in [-0.25, -0.2) is 0 Å². The smallest absolute Gasteiger partial charge is 0.248 e. The van der Waals surface area contributed by atoms with E-state index in [2.05, 4.69) is 26.6 Å². The molecule has 2 aromatic carbocycles. The van der Waals surface area contributed by atoms with Crippen LogP contribution in [-0.2, 0) is 14.4 Å². The van der Waals surface area contributed by atoms with Crippen LogP contribution in [0.4, 0.5) is 11.4 Å². The fourth-order valence-electron chi connectivity index (χ4n) is 7.07. The lowest BCUT2D eigenvalue weighted by Gasteiger charge is -2.39. The maximum absolute atomic E-state index is 14.5. The number of ether oxygens (including phenoxy) is 1. The molecular weight excluding hydrogens is 618 g/mol. The van der Waals surface area contributed by atoms with Gasteiger partial charge in [0.1, 0.15) is 11.8 Å². The zero-order valence-electron chi connectivity index (χ0n) is 24.7. The average molecular weight is 659 g/mol. The number of thioether (sulfide) groups is 1. The number of aliphatic hydroxyl groups is 1. The Balaban J connectivity index is 1.53. The van der Waals surface area contributed by atoms with Crippen LogP contribution in [0.5, 0.6) is 5.75 Å². The fraction of sp³-hybridized carbons (Fsp3) is 0.531. The molecule has 5 rings (SSSR count). The molecule has 0 aliphatic carbocycles. The monoisotopic (exact) mass is 657 g/mol. The normalized spacial score (nSPS) is 29.3. The first-order chi connectivity index (χ1) is 20.1. The number of halogens is 1. The summed E-state index contributed by atoms with van der Waals surface area (Å²) in [5.41, 5.74) is 3.22. The maximum atomic E-state index is 14.5. The van der Waals surface area contributed by atoms with Gasteiger partial charge >= 0.3 is 0 Å². The molecule has 0 aromatic heterocycles. The molecule has 42 heavy (non-hydrogen) atoms. The van der Waals surface area contributed by atoms with Crippen molar-refractivity contribution in [2.45, 2.75) is 74.4 Å². The number of alkyl halides is 1. The predicted molar refractivity (Wildman–Crippen MR) is 170 cm³/mol. The van der Waals surface area contributed by atoms with E-state index in [1.807, 2.05) is 52.8 Å². The Hall–Kier alpha value is -2.56. The van der Waals surface area contributed by atoms with E-state index in [9.17, 15) is 19.5 Å². The molecule has 0 saturated carbocycles. The van der Waals surface area contributed by atoms with Gasteiger partial charge in [0.2, 0.25) is 17.7 Å².